The van der Waals surface area contributed by atoms with Crippen molar-refractivity contribution in [3.05, 3.63) is 58.5 Å². The van der Waals surface area contributed by atoms with Gasteiger partial charge in [0.2, 0.25) is 0 Å². The van der Waals surface area contributed by atoms with Gasteiger partial charge in [0.25, 0.3) is 0 Å². The quantitative estimate of drug-likeness (QED) is 0.601. The van der Waals surface area contributed by atoms with Gasteiger partial charge in [0.15, 0.2) is 5.82 Å². The van der Waals surface area contributed by atoms with Crippen LogP contribution in [0.25, 0.3) is 0 Å². The van der Waals surface area contributed by atoms with Crippen LogP contribution in [0.2, 0.25) is 5.02 Å². The van der Waals surface area contributed by atoms with E-state index in [4.69, 9.17) is 11.6 Å². The molecule has 1 fully saturated rings. The van der Waals surface area contributed by atoms with E-state index < -0.39 is 0 Å². The van der Waals surface area contributed by atoms with Gasteiger partial charge >= 0.3 is 0 Å². The van der Waals surface area contributed by atoms with E-state index >= 15 is 0 Å². The number of pyridine rings is 1. The number of hydrogen-bond donors (Lipinski definition) is 1. The molecule has 1 aliphatic heterocycles. The predicted molar refractivity (Wildman–Crippen MR) is 120 cm³/mol. The molecule has 0 spiro atoms. The van der Waals surface area contributed by atoms with Crippen molar-refractivity contribution in [2.45, 2.75) is 39.3 Å². The van der Waals surface area contributed by atoms with Crippen LogP contribution >= 0.6 is 11.6 Å². The Morgan fingerprint density at radius 1 is 1.16 bits per heavy atom. The lowest BCUT2D eigenvalue weighted by Crippen LogP contribution is -2.48. The molecule has 1 N–H and O–H groups in total. The summed E-state index contributed by atoms with van der Waals surface area (Å²) in [6.07, 6.45) is 3.93. The van der Waals surface area contributed by atoms with Gasteiger partial charge in [0.05, 0.1) is 11.1 Å². The number of aromatic hydroxyl groups is 1. The van der Waals surface area contributed by atoms with Crippen molar-refractivity contribution in [1.29, 1.82) is 0 Å². The lowest BCUT2D eigenvalue weighted by atomic mass is 10.0. The van der Waals surface area contributed by atoms with Crippen molar-refractivity contribution < 1.29 is 5.11 Å². The number of phenols is 1. The minimum absolute atomic E-state index is 0.137. The Morgan fingerprint density at radius 3 is 2.68 bits per heavy atom. The SMILES string of the molecule is CCCCn1nnnc1C(c1cccc(O)c1)N1CCN(c2ncc(C)cc2Cl)CC1. The molecule has 4 rings (SSSR count). The second-order valence-electron chi connectivity index (χ2n) is 7.95. The molecule has 1 unspecified atom stereocenters. The Morgan fingerprint density at radius 2 is 1.97 bits per heavy atom. The highest BCUT2D eigenvalue weighted by Gasteiger charge is 2.31. The molecule has 2 aromatic heterocycles. The molecule has 0 amide bonds. The van der Waals surface area contributed by atoms with Gasteiger partial charge in [-0.05, 0) is 53.1 Å². The third kappa shape index (κ3) is 4.80. The van der Waals surface area contributed by atoms with E-state index in [9.17, 15) is 5.11 Å². The number of piperazine rings is 1. The van der Waals surface area contributed by atoms with Gasteiger partial charge in [0.1, 0.15) is 11.6 Å². The van der Waals surface area contributed by atoms with Gasteiger partial charge in [-0.1, -0.05) is 37.1 Å². The van der Waals surface area contributed by atoms with Crippen LogP contribution in [0.4, 0.5) is 5.82 Å². The number of hydrogen-bond acceptors (Lipinski definition) is 7. The van der Waals surface area contributed by atoms with Gasteiger partial charge in [-0.3, -0.25) is 4.90 Å². The maximum absolute atomic E-state index is 10.1. The normalized spacial score (nSPS) is 15.9. The van der Waals surface area contributed by atoms with Crippen LogP contribution in [0.15, 0.2) is 36.5 Å². The van der Waals surface area contributed by atoms with Crippen LogP contribution in [-0.2, 0) is 6.54 Å². The van der Waals surface area contributed by atoms with Crippen molar-refractivity contribution in [2.24, 2.45) is 0 Å². The zero-order valence-corrected chi connectivity index (χ0v) is 18.7. The van der Waals surface area contributed by atoms with E-state index in [0.717, 1.165) is 68.3 Å². The van der Waals surface area contributed by atoms with Crippen LogP contribution in [0, 0.1) is 6.92 Å². The summed E-state index contributed by atoms with van der Waals surface area (Å²) in [5, 5.41) is 23.4. The maximum atomic E-state index is 10.1. The molecule has 0 saturated carbocycles. The third-order valence-corrected chi connectivity index (χ3v) is 5.93. The smallest absolute Gasteiger partial charge is 0.173 e. The second-order valence-corrected chi connectivity index (χ2v) is 8.36. The molecule has 1 atom stereocenters. The Labute approximate surface area is 187 Å². The molecule has 31 heavy (non-hydrogen) atoms. The van der Waals surface area contributed by atoms with Crippen LogP contribution in [0.1, 0.15) is 42.8 Å². The number of benzene rings is 1. The fourth-order valence-corrected chi connectivity index (χ4v) is 4.38. The summed E-state index contributed by atoms with van der Waals surface area (Å²) in [5.41, 5.74) is 2.03. The number of nitrogens with zero attached hydrogens (tertiary/aromatic N) is 7. The summed E-state index contributed by atoms with van der Waals surface area (Å²) in [4.78, 5) is 9.13. The lowest BCUT2D eigenvalue weighted by Gasteiger charge is -2.39. The Hall–Kier alpha value is -2.71. The number of aromatic nitrogens is 5. The Kier molecular flexibility index (Phi) is 6.67. The van der Waals surface area contributed by atoms with E-state index in [0.29, 0.717) is 5.02 Å². The predicted octanol–water partition coefficient (Wildman–Crippen LogP) is 3.45. The van der Waals surface area contributed by atoms with Crippen molar-refractivity contribution in [3.8, 4) is 5.75 Å². The number of tetrazole rings is 1. The standard InChI is InChI=1S/C22H28ClN7O/c1-3-4-8-30-22(25-26-27-30)20(17-6-5-7-18(31)14-17)28-9-11-29(12-10-28)21-19(23)13-16(2)15-24-21/h5-7,13-15,20,31H,3-4,8-12H2,1-2H3. The monoisotopic (exact) mass is 441 g/mol. The maximum Gasteiger partial charge on any atom is 0.173 e. The zero-order chi connectivity index (χ0) is 21.8. The molecule has 0 radical (unpaired) electrons. The van der Waals surface area contributed by atoms with Crippen LogP contribution in [0.3, 0.4) is 0 Å². The van der Waals surface area contributed by atoms with Gasteiger partial charge in [-0.15, -0.1) is 5.10 Å². The Bertz CT molecular complexity index is 1020. The van der Waals surface area contributed by atoms with E-state index in [1.165, 1.54) is 0 Å². The molecule has 9 heteroatoms. The number of halogens is 1. The summed E-state index contributed by atoms with van der Waals surface area (Å²) < 4.78 is 1.89. The molecule has 3 heterocycles. The first-order valence-corrected chi connectivity index (χ1v) is 11.1. The first kappa shape index (κ1) is 21.5. The molecule has 1 aromatic carbocycles. The van der Waals surface area contributed by atoms with Crippen molar-refractivity contribution in [2.75, 3.05) is 31.1 Å². The van der Waals surface area contributed by atoms with Gasteiger partial charge < -0.3 is 10.0 Å². The number of phenolic OH excluding ortho intramolecular Hbond substituents is 1. The van der Waals surface area contributed by atoms with Gasteiger partial charge in [0, 0.05) is 38.9 Å². The summed E-state index contributed by atoms with van der Waals surface area (Å²) in [7, 11) is 0. The zero-order valence-electron chi connectivity index (χ0n) is 17.9. The molecule has 1 saturated heterocycles. The van der Waals surface area contributed by atoms with E-state index in [-0.39, 0.29) is 11.8 Å². The fourth-order valence-electron chi connectivity index (χ4n) is 4.04. The summed E-state index contributed by atoms with van der Waals surface area (Å²) in [6.45, 7) is 8.10. The topological polar surface area (TPSA) is 83.2 Å². The number of unbranched alkanes of at least 4 members (excludes halogenated alkanes) is 1. The number of anilines is 1. The molecule has 0 aliphatic carbocycles. The van der Waals surface area contributed by atoms with Crippen molar-refractivity contribution in [3.63, 3.8) is 0 Å². The van der Waals surface area contributed by atoms with Gasteiger partial charge in [-0.25, -0.2) is 9.67 Å². The average Bonchev–Trinajstić information content (AvgIpc) is 3.21. The van der Waals surface area contributed by atoms with Crippen molar-refractivity contribution >= 4 is 17.4 Å². The number of aryl methyl sites for hydroxylation is 2. The molecule has 3 aromatic rings. The first-order chi connectivity index (χ1) is 15.1. The molecule has 8 nitrogen and oxygen atoms in total. The first-order valence-electron chi connectivity index (χ1n) is 10.7. The third-order valence-electron chi connectivity index (χ3n) is 5.65. The highest BCUT2D eigenvalue weighted by atomic mass is 35.5. The number of rotatable bonds is 7. The highest BCUT2D eigenvalue weighted by molar-refractivity contribution is 6.33. The summed E-state index contributed by atoms with van der Waals surface area (Å²) >= 11 is 6.45. The summed E-state index contributed by atoms with van der Waals surface area (Å²) in [6, 6.07) is 9.19. The second kappa shape index (κ2) is 9.62. The molecular formula is C22H28ClN7O. The fraction of sp³-hybridized carbons (Fsp3) is 0.455. The van der Waals surface area contributed by atoms with Crippen LogP contribution < -0.4 is 4.90 Å². The highest BCUT2D eigenvalue weighted by Crippen LogP contribution is 2.32. The largest absolute Gasteiger partial charge is 0.508 e. The van der Waals surface area contributed by atoms with E-state index in [1.54, 1.807) is 12.1 Å². The molecule has 0 bridgehead atoms. The minimum atomic E-state index is -0.137. The van der Waals surface area contributed by atoms with E-state index in [2.05, 4.69) is 37.2 Å². The lowest BCUT2D eigenvalue weighted by molar-refractivity contribution is 0.200. The Balaban J connectivity index is 1.59. The van der Waals surface area contributed by atoms with Gasteiger partial charge in [-0.2, -0.15) is 0 Å². The van der Waals surface area contributed by atoms with Crippen LogP contribution in [-0.4, -0.2) is 61.4 Å². The minimum Gasteiger partial charge on any atom is -0.508 e. The average molecular weight is 442 g/mol. The van der Waals surface area contributed by atoms with Crippen LogP contribution in [0.5, 0.6) is 5.75 Å². The molecule has 164 valence electrons. The molecular weight excluding hydrogens is 414 g/mol. The summed E-state index contributed by atoms with van der Waals surface area (Å²) in [5.74, 6) is 1.87. The molecule has 1 aliphatic rings. The van der Waals surface area contributed by atoms with E-state index in [1.807, 2.05) is 36.0 Å². The van der Waals surface area contributed by atoms with Crippen molar-refractivity contribution in [1.82, 2.24) is 30.1 Å².